The third-order valence-corrected chi connectivity index (χ3v) is 3.39. The van der Waals surface area contributed by atoms with Gasteiger partial charge in [-0.15, -0.1) is 0 Å². The van der Waals surface area contributed by atoms with Gasteiger partial charge in [-0.05, 0) is 12.1 Å². The van der Waals surface area contributed by atoms with E-state index in [1.165, 1.54) is 6.07 Å². The lowest BCUT2D eigenvalue weighted by Crippen LogP contribution is -2.11. The van der Waals surface area contributed by atoms with Crippen molar-refractivity contribution in [2.24, 2.45) is 0 Å². The average Bonchev–Trinajstić information content (AvgIpc) is 2.33. The molecule has 0 aliphatic heterocycles. The van der Waals surface area contributed by atoms with Crippen LogP contribution >= 0.6 is 10.7 Å². The molecule has 0 amide bonds. The first-order valence-electron chi connectivity index (χ1n) is 5.29. The number of hydrogen-bond donors (Lipinski definition) is 0. The van der Waals surface area contributed by atoms with Crippen LogP contribution in [0.3, 0.4) is 0 Å². The first-order chi connectivity index (χ1) is 8.55. The summed E-state index contributed by atoms with van der Waals surface area (Å²) in [6.07, 6.45) is 0. The summed E-state index contributed by atoms with van der Waals surface area (Å²) in [7, 11) is 3.08. The van der Waals surface area contributed by atoms with Gasteiger partial charge in [0.1, 0.15) is 17.3 Å². The zero-order valence-corrected chi connectivity index (χ0v) is 11.5. The molecule has 0 aliphatic carbocycles. The van der Waals surface area contributed by atoms with Crippen LogP contribution in [0.15, 0.2) is 29.2 Å². The van der Waals surface area contributed by atoms with Gasteiger partial charge in [-0.1, -0.05) is 12.1 Å². The molecule has 0 saturated carbocycles. The van der Waals surface area contributed by atoms with Gasteiger partial charge in [0.15, 0.2) is 0 Å². The molecule has 1 aromatic rings. The van der Waals surface area contributed by atoms with Crippen LogP contribution < -0.4 is 4.74 Å². The van der Waals surface area contributed by atoms with Crippen molar-refractivity contribution in [2.75, 3.05) is 33.5 Å². The predicted octanol–water partition coefficient (Wildman–Crippen LogP) is 1.66. The van der Waals surface area contributed by atoms with Crippen LogP contribution in [-0.4, -0.2) is 42.0 Å². The van der Waals surface area contributed by atoms with Crippen molar-refractivity contribution in [3.05, 3.63) is 24.3 Å². The molecule has 0 heterocycles. The van der Waals surface area contributed by atoms with Crippen LogP contribution in [0.25, 0.3) is 0 Å². The van der Waals surface area contributed by atoms with Crippen molar-refractivity contribution >= 4 is 19.7 Å². The fourth-order valence-electron chi connectivity index (χ4n) is 1.23. The summed E-state index contributed by atoms with van der Waals surface area (Å²) in [4.78, 5) is -0.0384. The molecule has 0 radical (unpaired) electrons. The Kier molecular flexibility index (Phi) is 6.42. The first-order valence-corrected chi connectivity index (χ1v) is 7.60. The van der Waals surface area contributed by atoms with Crippen LogP contribution in [-0.2, 0) is 18.5 Å². The fourth-order valence-corrected chi connectivity index (χ4v) is 2.22. The standard InChI is InChI=1S/C11H15ClO5S/c1-15-6-7-16-8-9-17-10-4-2-3-5-11(10)18(12,13)14/h2-5H,6-9H2,1H3. The van der Waals surface area contributed by atoms with Gasteiger partial charge in [-0.3, -0.25) is 0 Å². The highest BCUT2D eigenvalue weighted by Gasteiger charge is 2.15. The van der Waals surface area contributed by atoms with Gasteiger partial charge < -0.3 is 14.2 Å². The van der Waals surface area contributed by atoms with Gasteiger partial charge in [-0.2, -0.15) is 0 Å². The Balaban J connectivity index is 2.48. The molecule has 0 N–H and O–H groups in total. The zero-order valence-electron chi connectivity index (χ0n) is 9.97. The monoisotopic (exact) mass is 294 g/mol. The number of methoxy groups -OCH3 is 1. The number of benzene rings is 1. The van der Waals surface area contributed by atoms with Crippen LogP contribution in [0.2, 0.25) is 0 Å². The molecule has 0 atom stereocenters. The van der Waals surface area contributed by atoms with E-state index in [1.807, 2.05) is 0 Å². The van der Waals surface area contributed by atoms with Crippen LogP contribution in [0.4, 0.5) is 0 Å². The van der Waals surface area contributed by atoms with E-state index < -0.39 is 9.05 Å². The Morgan fingerprint density at radius 3 is 2.44 bits per heavy atom. The highest BCUT2D eigenvalue weighted by Crippen LogP contribution is 2.26. The van der Waals surface area contributed by atoms with E-state index in [0.29, 0.717) is 19.8 Å². The van der Waals surface area contributed by atoms with E-state index in [-0.39, 0.29) is 17.3 Å². The summed E-state index contributed by atoms with van der Waals surface area (Å²) in [5, 5.41) is 0. The zero-order chi connectivity index (χ0) is 13.4. The van der Waals surface area contributed by atoms with Crippen LogP contribution in [0, 0.1) is 0 Å². The third-order valence-electron chi connectivity index (χ3n) is 2.03. The molecule has 0 saturated heterocycles. The Bertz CT molecular complexity index is 460. The second kappa shape index (κ2) is 7.58. The molecule has 5 nitrogen and oxygen atoms in total. The van der Waals surface area contributed by atoms with Crippen LogP contribution in [0.1, 0.15) is 0 Å². The molecule has 102 valence electrons. The van der Waals surface area contributed by atoms with Crippen molar-refractivity contribution in [3.63, 3.8) is 0 Å². The second-order valence-corrected chi connectivity index (χ2v) is 5.87. The topological polar surface area (TPSA) is 61.8 Å². The van der Waals surface area contributed by atoms with E-state index in [4.69, 9.17) is 24.9 Å². The molecule has 1 aromatic carbocycles. The molecule has 0 fully saturated rings. The van der Waals surface area contributed by atoms with Gasteiger partial charge in [0.05, 0.1) is 19.8 Å². The summed E-state index contributed by atoms with van der Waals surface area (Å²) in [5.41, 5.74) is 0. The maximum absolute atomic E-state index is 11.3. The van der Waals surface area contributed by atoms with E-state index >= 15 is 0 Å². The van der Waals surface area contributed by atoms with Gasteiger partial charge in [0.2, 0.25) is 0 Å². The van der Waals surface area contributed by atoms with E-state index in [0.717, 1.165) is 0 Å². The largest absolute Gasteiger partial charge is 0.490 e. The van der Waals surface area contributed by atoms with Crippen molar-refractivity contribution < 1.29 is 22.6 Å². The molecule has 0 spiro atoms. The summed E-state index contributed by atoms with van der Waals surface area (Å²) < 4.78 is 37.8. The highest BCUT2D eigenvalue weighted by molar-refractivity contribution is 8.13. The SMILES string of the molecule is COCCOCCOc1ccccc1S(=O)(=O)Cl. The minimum atomic E-state index is -3.80. The molecule has 18 heavy (non-hydrogen) atoms. The quantitative estimate of drug-likeness (QED) is 0.539. The fraction of sp³-hybridized carbons (Fsp3) is 0.455. The summed E-state index contributed by atoms with van der Waals surface area (Å²) in [6, 6.07) is 6.19. The number of ether oxygens (including phenoxy) is 3. The molecule has 0 aliphatic rings. The molecule has 1 rings (SSSR count). The molecular weight excluding hydrogens is 280 g/mol. The van der Waals surface area contributed by atoms with E-state index in [1.54, 1.807) is 25.3 Å². The number of hydrogen-bond acceptors (Lipinski definition) is 5. The smallest absolute Gasteiger partial charge is 0.264 e. The lowest BCUT2D eigenvalue weighted by atomic mass is 10.3. The maximum Gasteiger partial charge on any atom is 0.264 e. The molecule has 0 unspecified atom stereocenters. The van der Waals surface area contributed by atoms with Gasteiger partial charge in [0.25, 0.3) is 9.05 Å². The van der Waals surface area contributed by atoms with Gasteiger partial charge in [-0.25, -0.2) is 8.42 Å². The van der Waals surface area contributed by atoms with E-state index in [9.17, 15) is 8.42 Å². The van der Waals surface area contributed by atoms with Crippen molar-refractivity contribution in [1.29, 1.82) is 0 Å². The lowest BCUT2D eigenvalue weighted by Gasteiger charge is -2.09. The molecular formula is C11H15ClO5S. The second-order valence-electron chi connectivity index (χ2n) is 3.34. The minimum absolute atomic E-state index is 0.0384. The number of para-hydroxylation sites is 1. The molecule has 7 heteroatoms. The van der Waals surface area contributed by atoms with E-state index in [2.05, 4.69) is 0 Å². The van der Waals surface area contributed by atoms with Gasteiger partial charge >= 0.3 is 0 Å². The maximum atomic E-state index is 11.3. The first kappa shape index (κ1) is 15.2. The lowest BCUT2D eigenvalue weighted by molar-refractivity contribution is 0.0539. The molecule has 0 aromatic heterocycles. The number of rotatable bonds is 8. The normalized spacial score (nSPS) is 11.4. The Morgan fingerprint density at radius 2 is 1.78 bits per heavy atom. The van der Waals surface area contributed by atoms with Crippen molar-refractivity contribution in [1.82, 2.24) is 0 Å². The average molecular weight is 295 g/mol. The Morgan fingerprint density at radius 1 is 1.11 bits per heavy atom. The molecule has 0 bridgehead atoms. The Labute approximate surface area is 111 Å². The Hall–Kier alpha value is -0.820. The summed E-state index contributed by atoms with van der Waals surface area (Å²) in [5.74, 6) is 0.225. The van der Waals surface area contributed by atoms with Crippen LogP contribution in [0.5, 0.6) is 5.75 Å². The number of halogens is 1. The third kappa shape index (κ3) is 5.22. The van der Waals surface area contributed by atoms with Crippen molar-refractivity contribution in [2.45, 2.75) is 4.90 Å². The highest BCUT2D eigenvalue weighted by atomic mass is 35.7. The summed E-state index contributed by atoms with van der Waals surface area (Å²) in [6.45, 7) is 1.56. The predicted molar refractivity (Wildman–Crippen MR) is 67.7 cm³/mol. The summed E-state index contributed by atoms with van der Waals surface area (Å²) >= 11 is 0. The van der Waals surface area contributed by atoms with Crippen molar-refractivity contribution in [3.8, 4) is 5.75 Å². The van der Waals surface area contributed by atoms with Gasteiger partial charge in [0, 0.05) is 17.8 Å². The minimum Gasteiger partial charge on any atom is -0.490 e.